The van der Waals surface area contributed by atoms with Gasteiger partial charge in [-0.25, -0.2) is 13.9 Å². The highest BCUT2D eigenvalue weighted by atomic mass is 19.1. The molecule has 0 unspecified atom stereocenters. The highest BCUT2D eigenvalue weighted by molar-refractivity contribution is 6.00. The summed E-state index contributed by atoms with van der Waals surface area (Å²) in [5.74, 6) is 0.974. The smallest absolute Gasteiger partial charge is 0.257 e. The van der Waals surface area contributed by atoms with Crippen molar-refractivity contribution in [3.63, 3.8) is 0 Å². The van der Waals surface area contributed by atoms with Crippen molar-refractivity contribution in [2.45, 2.75) is 43.7 Å². The van der Waals surface area contributed by atoms with Gasteiger partial charge in [-0.3, -0.25) is 4.79 Å². The van der Waals surface area contributed by atoms with Crippen molar-refractivity contribution in [1.82, 2.24) is 19.9 Å². The molecule has 8 heteroatoms. The molecule has 1 atom stereocenters. The third-order valence-corrected chi connectivity index (χ3v) is 6.46. The first-order valence-electron chi connectivity index (χ1n) is 10.5. The molecular formula is C22H22FN5O2. The summed E-state index contributed by atoms with van der Waals surface area (Å²) in [4.78, 5) is 20.0. The Morgan fingerprint density at radius 2 is 2.13 bits per heavy atom. The molecule has 7 nitrogen and oxygen atoms in total. The van der Waals surface area contributed by atoms with Gasteiger partial charge in [0.25, 0.3) is 5.91 Å². The Balaban J connectivity index is 1.54. The van der Waals surface area contributed by atoms with Crippen LogP contribution in [0.15, 0.2) is 36.7 Å². The van der Waals surface area contributed by atoms with E-state index in [1.54, 1.807) is 22.8 Å². The van der Waals surface area contributed by atoms with Gasteiger partial charge >= 0.3 is 0 Å². The molecule has 1 saturated carbocycles. The molecule has 4 heterocycles. The molecule has 2 bridgehead atoms. The Hall–Kier alpha value is -3.16. The Morgan fingerprint density at radius 1 is 1.23 bits per heavy atom. The fraction of sp³-hybridized carbons (Fsp3) is 0.409. The van der Waals surface area contributed by atoms with E-state index in [2.05, 4.69) is 15.3 Å². The van der Waals surface area contributed by atoms with E-state index in [0.717, 1.165) is 50.0 Å². The lowest BCUT2D eigenvalue weighted by atomic mass is 9.94. The molecule has 6 rings (SSSR count). The molecule has 0 radical (unpaired) electrons. The molecular weight excluding hydrogens is 385 g/mol. The lowest BCUT2D eigenvalue weighted by molar-refractivity contribution is 0.0914. The SMILES string of the molecule is O=C1NC2(CC2)COc2ccc(F)cc2[C@@H]2CCCCN2c2ccn3ncc1c3n2. The Labute approximate surface area is 172 Å². The van der Waals surface area contributed by atoms with Crippen molar-refractivity contribution in [2.24, 2.45) is 0 Å². The average molecular weight is 407 g/mol. The Morgan fingerprint density at radius 3 is 3.00 bits per heavy atom. The van der Waals surface area contributed by atoms with Crippen molar-refractivity contribution < 1.29 is 13.9 Å². The lowest BCUT2D eigenvalue weighted by Crippen LogP contribution is -2.41. The molecule has 1 N–H and O–H groups in total. The number of fused-ring (bicyclic) bond motifs is 5. The highest BCUT2D eigenvalue weighted by Crippen LogP contribution is 2.41. The second-order valence-electron chi connectivity index (χ2n) is 8.52. The molecule has 3 aromatic rings. The van der Waals surface area contributed by atoms with Crippen molar-refractivity contribution in [3.05, 3.63) is 53.6 Å². The molecule has 30 heavy (non-hydrogen) atoms. The molecule has 1 amide bonds. The summed E-state index contributed by atoms with van der Waals surface area (Å²) in [6, 6.07) is 6.59. The number of benzene rings is 1. The number of halogens is 1. The van der Waals surface area contributed by atoms with E-state index in [1.807, 2.05) is 12.3 Å². The first kappa shape index (κ1) is 17.7. The molecule has 2 aliphatic heterocycles. The zero-order chi connectivity index (χ0) is 20.3. The van der Waals surface area contributed by atoms with Crippen molar-refractivity contribution >= 4 is 17.4 Å². The fourth-order valence-electron chi connectivity index (χ4n) is 4.60. The summed E-state index contributed by atoms with van der Waals surface area (Å²) in [7, 11) is 0. The van der Waals surface area contributed by atoms with Crippen LogP contribution in [0.1, 0.15) is 54.1 Å². The number of nitrogens with one attached hydrogen (secondary N) is 1. The van der Waals surface area contributed by atoms with E-state index in [0.29, 0.717) is 23.6 Å². The minimum atomic E-state index is -0.394. The molecule has 2 fully saturated rings. The van der Waals surface area contributed by atoms with Crippen LogP contribution < -0.4 is 15.0 Å². The van der Waals surface area contributed by atoms with Crippen LogP contribution in [0.25, 0.3) is 5.65 Å². The molecule has 1 aliphatic carbocycles. The van der Waals surface area contributed by atoms with E-state index in [-0.39, 0.29) is 17.8 Å². The van der Waals surface area contributed by atoms with E-state index in [9.17, 15) is 9.18 Å². The summed E-state index contributed by atoms with van der Waals surface area (Å²) < 4.78 is 22.1. The summed E-state index contributed by atoms with van der Waals surface area (Å²) >= 11 is 0. The lowest BCUT2D eigenvalue weighted by Gasteiger charge is -2.37. The molecule has 2 aromatic heterocycles. The number of rotatable bonds is 0. The number of amides is 1. The van der Waals surface area contributed by atoms with Crippen molar-refractivity contribution in [3.8, 4) is 5.75 Å². The van der Waals surface area contributed by atoms with Gasteiger partial charge in [-0.2, -0.15) is 5.10 Å². The molecule has 1 saturated heterocycles. The first-order chi connectivity index (χ1) is 14.6. The van der Waals surface area contributed by atoms with Crippen LogP contribution in [-0.4, -0.2) is 39.2 Å². The largest absolute Gasteiger partial charge is 0.491 e. The van der Waals surface area contributed by atoms with Crippen LogP contribution in [0.3, 0.4) is 0 Å². The number of anilines is 1. The maximum absolute atomic E-state index is 14.3. The van der Waals surface area contributed by atoms with Gasteiger partial charge < -0.3 is 15.0 Å². The van der Waals surface area contributed by atoms with Gasteiger partial charge in [0.1, 0.15) is 29.6 Å². The van der Waals surface area contributed by atoms with Gasteiger partial charge in [-0.1, -0.05) is 0 Å². The predicted octanol–water partition coefficient (Wildman–Crippen LogP) is 3.25. The summed E-state index contributed by atoms with van der Waals surface area (Å²) in [5, 5.41) is 7.42. The van der Waals surface area contributed by atoms with E-state index >= 15 is 0 Å². The predicted molar refractivity (Wildman–Crippen MR) is 108 cm³/mol. The van der Waals surface area contributed by atoms with Gasteiger partial charge in [0, 0.05) is 18.3 Å². The maximum Gasteiger partial charge on any atom is 0.257 e. The number of carbonyl (C=O) groups is 1. The van der Waals surface area contributed by atoms with Gasteiger partial charge in [-0.05, 0) is 56.4 Å². The van der Waals surface area contributed by atoms with Crippen molar-refractivity contribution in [2.75, 3.05) is 18.1 Å². The van der Waals surface area contributed by atoms with Gasteiger partial charge in [0.05, 0.1) is 17.8 Å². The van der Waals surface area contributed by atoms with Crippen LogP contribution >= 0.6 is 0 Å². The summed E-state index contributed by atoms with van der Waals surface area (Å²) in [6.45, 7) is 1.17. The minimum Gasteiger partial charge on any atom is -0.491 e. The zero-order valence-corrected chi connectivity index (χ0v) is 16.5. The Bertz CT molecular complexity index is 1160. The third-order valence-electron chi connectivity index (χ3n) is 6.46. The molecule has 1 aromatic carbocycles. The molecule has 3 aliphatic rings. The maximum atomic E-state index is 14.3. The van der Waals surface area contributed by atoms with E-state index in [1.165, 1.54) is 6.07 Å². The number of carbonyl (C=O) groups excluding carboxylic acids is 1. The third kappa shape index (κ3) is 2.81. The average Bonchev–Trinajstić information content (AvgIpc) is 3.38. The van der Waals surface area contributed by atoms with Gasteiger partial charge in [-0.15, -0.1) is 0 Å². The van der Waals surface area contributed by atoms with Crippen LogP contribution in [0.4, 0.5) is 10.2 Å². The van der Waals surface area contributed by atoms with E-state index < -0.39 is 5.54 Å². The number of piperidine rings is 1. The number of ether oxygens (including phenoxy) is 1. The zero-order valence-electron chi connectivity index (χ0n) is 16.5. The fourth-order valence-corrected chi connectivity index (χ4v) is 4.60. The van der Waals surface area contributed by atoms with Crippen LogP contribution in [0.5, 0.6) is 5.75 Å². The summed E-state index contributed by atoms with van der Waals surface area (Å²) in [6.07, 6.45) is 8.07. The molecule has 1 spiro atoms. The number of nitrogens with zero attached hydrogens (tertiary/aromatic N) is 4. The van der Waals surface area contributed by atoms with Crippen LogP contribution in [0.2, 0.25) is 0 Å². The molecule has 154 valence electrons. The van der Waals surface area contributed by atoms with Crippen molar-refractivity contribution in [1.29, 1.82) is 0 Å². The minimum absolute atomic E-state index is 0.0367. The van der Waals surface area contributed by atoms with Gasteiger partial charge in [0.15, 0.2) is 5.65 Å². The Kier molecular flexibility index (Phi) is 3.78. The van der Waals surface area contributed by atoms with Crippen LogP contribution in [-0.2, 0) is 0 Å². The monoisotopic (exact) mass is 407 g/mol. The first-order valence-corrected chi connectivity index (χ1v) is 10.5. The topological polar surface area (TPSA) is 71.8 Å². The van der Waals surface area contributed by atoms with Gasteiger partial charge in [0.2, 0.25) is 0 Å². The summed E-state index contributed by atoms with van der Waals surface area (Å²) in [5.41, 5.74) is 1.44. The number of aromatic nitrogens is 3. The number of hydrogen-bond acceptors (Lipinski definition) is 5. The normalized spacial score (nSPS) is 22.4. The quantitative estimate of drug-likeness (QED) is 0.619. The van der Waals surface area contributed by atoms with E-state index in [4.69, 9.17) is 9.72 Å². The standard InChI is InChI=1S/C22H22FN5O2/c23-14-4-5-18-15(11-14)17-3-1-2-9-27(17)19-6-10-28-20(25-19)16(12-24-28)21(29)26-22(7-8-22)13-30-18/h4-6,10-12,17H,1-3,7-9,13H2,(H,26,29)/t17-/m0/s1. The second kappa shape index (κ2) is 6.42. The van der Waals surface area contributed by atoms with Crippen LogP contribution in [0, 0.1) is 5.82 Å². The second-order valence-corrected chi connectivity index (χ2v) is 8.52. The highest BCUT2D eigenvalue weighted by Gasteiger charge is 2.46. The number of hydrogen-bond donors (Lipinski definition) is 1.